The number of aromatic nitrogens is 1. The second kappa shape index (κ2) is 5.66. The molecule has 1 amide bonds. The average Bonchev–Trinajstić information content (AvgIpc) is 2.41. The number of nitrogens with one attached hydrogen (secondary N) is 1. The van der Waals surface area contributed by atoms with E-state index < -0.39 is 10.8 Å². The first-order chi connectivity index (χ1) is 9.49. The van der Waals surface area contributed by atoms with E-state index in [-0.39, 0.29) is 22.7 Å². The third kappa shape index (κ3) is 2.91. The standard InChI is InChI=1S/C12H8BrN3O4/c13-11-8(2-1-5-14-11)12(18)15-9-6-7(16(19)20)3-4-10(9)17/h1-6,17H,(H,15,18). The number of phenolic OH excluding ortho intramolecular Hbond substituents is 1. The van der Waals surface area contributed by atoms with Crippen LogP contribution in [0.4, 0.5) is 11.4 Å². The predicted octanol–water partition coefficient (Wildman–Crippen LogP) is 2.71. The Morgan fingerprint density at radius 1 is 1.40 bits per heavy atom. The summed E-state index contributed by atoms with van der Waals surface area (Å²) in [5.74, 6) is -0.801. The van der Waals surface area contributed by atoms with E-state index in [1.165, 1.54) is 12.3 Å². The lowest BCUT2D eigenvalue weighted by atomic mass is 10.2. The lowest BCUT2D eigenvalue weighted by molar-refractivity contribution is -0.384. The van der Waals surface area contributed by atoms with Crippen LogP contribution in [-0.4, -0.2) is 20.9 Å². The highest BCUT2D eigenvalue weighted by Crippen LogP contribution is 2.28. The Morgan fingerprint density at radius 3 is 2.80 bits per heavy atom. The summed E-state index contributed by atoms with van der Waals surface area (Å²) in [6, 6.07) is 6.47. The van der Waals surface area contributed by atoms with Gasteiger partial charge in [-0.3, -0.25) is 14.9 Å². The molecular weight excluding hydrogens is 330 g/mol. The largest absolute Gasteiger partial charge is 0.506 e. The molecule has 0 saturated heterocycles. The smallest absolute Gasteiger partial charge is 0.271 e. The van der Waals surface area contributed by atoms with Crippen molar-refractivity contribution < 1.29 is 14.8 Å². The summed E-state index contributed by atoms with van der Waals surface area (Å²) in [6.45, 7) is 0. The van der Waals surface area contributed by atoms with Gasteiger partial charge in [0.25, 0.3) is 11.6 Å². The van der Waals surface area contributed by atoms with Crippen molar-refractivity contribution in [2.75, 3.05) is 5.32 Å². The van der Waals surface area contributed by atoms with Crippen LogP contribution in [0.3, 0.4) is 0 Å². The number of pyridine rings is 1. The summed E-state index contributed by atoms with van der Waals surface area (Å²) < 4.78 is 0.336. The van der Waals surface area contributed by atoms with Crippen molar-refractivity contribution in [3.8, 4) is 5.75 Å². The molecule has 0 aliphatic carbocycles. The molecule has 0 aliphatic rings. The van der Waals surface area contributed by atoms with Crippen LogP contribution in [0.1, 0.15) is 10.4 Å². The third-order valence-corrected chi connectivity index (χ3v) is 3.07. The van der Waals surface area contributed by atoms with Gasteiger partial charge in [0, 0.05) is 18.3 Å². The van der Waals surface area contributed by atoms with Gasteiger partial charge in [0.1, 0.15) is 10.4 Å². The normalized spacial score (nSPS) is 10.1. The van der Waals surface area contributed by atoms with Crippen LogP contribution in [0.25, 0.3) is 0 Å². The highest BCUT2D eigenvalue weighted by molar-refractivity contribution is 9.10. The molecular formula is C12H8BrN3O4. The van der Waals surface area contributed by atoms with Crippen molar-refractivity contribution in [1.29, 1.82) is 0 Å². The number of aromatic hydroxyl groups is 1. The number of nitrogens with zero attached hydrogens (tertiary/aromatic N) is 2. The quantitative estimate of drug-likeness (QED) is 0.387. The number of anilines is 1. The molecule has 2 N–H and O–H groups in total. The molecule has 7 nitrogen and oxygen atoms in total. The van der Waals surface area contributed by atoms with Gasteiger partial charge in [-0.25, -0.2) is 4.98 Å². The summed E-state index contributed by atoms with van der Waals surface area (Å²) in [4.78, 5) is 26.0. The molecule has 0 radical (unpaired) electrons. The maximum absolute atomic E-state index is 12.0. The van der Waals surface area contributed by atoms with E-state index in [4.69, 9.17) is 0 Å². The number of nitro groups is 1. The Bertz CT molecular complexity index is 690. The van der Waals surface area contributed by atoms with Crippen LogP contribution in [0.2, 0.25) is 0 Å². The minimum Gasteiger partial charge on any atom is -0.506 e. The fourth-order valence-corrected chi connectivity index (χ4v) is 1.91. The van der Waals surface area contributed by atoms with Gasteiger partial charge in [0.05, 0.1) is 16.2 Å². The maximum atomic E-state index is 12.0. The molecule has 0 saturated carbocycles. The topological polar surface area (TPSA) is 105 Å². The first kappa shape index (κ1) is 13.9. The minimum absolute atomic E-state index is 0.0417. The Morgan fingerprint density at radius 2 is 2.15 bits per heavy atom. The molecule has 1 aromatic carbocycles. The molecule has 2 rings (SSSR count). The van der Waals surface area contributed by atoms with Crippen molar-refractivity contribution in [1.82, 2.24) is 4.98 Å². The Kier molecular flexibility index (Phi) is 3.94. The lowest BCUT2D eigenvalue weighted by Crippen LogP contribution is -2.13. The number of hydrogen-bond donors (Lipinski definition) is 2. The van der Waals surface area contributed by atoms with Crippen molar-refractivity contribution in [3.63, 3.8) is 0 Å². The summed E-state index contributed by atoms with van der Waals surface area (Å²) in [5.41, 5.74) is -0.0262. The van der Waals surface area contributed by atoms with Gasteiger partial charge in [-0.05, 0) is 34.1 Å². The van der Waals surface area contributed by atoms with Gasteiger partial charge in [-0.1, -0.05) is 0 Å². The lowest BCUT2D eigenvalue weighted by Gasteiger charge is -2.07. The molecule has 0 aliphatic heterocycles. The molecule has 20 heavy (non-hydrogen) atoms. The second-order valence-electron chi connectivity index (χ2n) is 3.75. The van der Waals surface area contributed by atoms with Crippen LogP contribution in [0.5, 0.6) is 5.75 Å². The highest BCUT2D eigenvalue weighted by Gasteiger charge is 2.15. The van der Waals surface area contributed by atoms with Gasteiger partial charge in [-0.2, -0.15) is 0 Å². The van der Waals surface area contributed by atoms with E-state index in [0.717, 1.165) is 18.2 Å². The molecule has 0 bridgehead atoms. The molecule has 102 valence electrons. The van der Waals surface area contributed by atoms with Crippen LogP contribution < -0.4 is 5.32 Å². The number of benzene rings is 1. The number of non-ortho nitro benzene ring substituents is 1. The zero-order chi connectivity index (χ0) is 14.7. The maximum Gasteiger partial charge on any atom is 0.271 e. The van der Waals surface area contributed by atoms with Gasteiger partial charge < -0.3 is 10.4 Å². The van der Waals surface area contributed by atoms with E-state index in [0.29, 0.717) is 4.60 Å². The molecule has 2 aromatic rings. The Balaban J connectivity index is 2.30. The van der Waals surface area contributed by atoms with Crippen molar-refractivity contribution >= 4 is 33.2 Å². The average molecular weight is 338 g/mol. The number of rotatable bonds is 3. The van der Waals surface area contributed by atoms with E-state index in [2.05, 4.69) is 26.2 Å². The van der Waals surface area contributed by atoms with Gasteiger partial charge in [0.15, 0.2) is 0 Å². The highest BCUT2D eigenvalue weighted by atomic mass is 79.9. The number of phenols is 1. The minimum atomic E-state index is -0.616. The number of hydrogen-bond acceptors (Lipinski definition) is 5. The van der Waals surface area contributed by atoms with Gasteiger partial charge in [-0.15, -0.1) is 0 Å². The van der Waals surface area contributed by atoms with E-state index >= 15 is 0 Å². The number of amides is 1. The molecule has 8 heteroatoms. The number of carbonyl (C=O) groups is 1. The summed E-state index contributed by atoms with van der Waals surface area (Å²) in [6.07, 6.45) is 1.51. The van der Waals surface area contributed by atoms with Crippen molar-refractivity contribution in [3.05, 3.63) is 56.8 Å². The molecule has 0 atom stereocenters. The predicted molar refractivity (Wildman–Crippen MR) is 74.7 cm³/mol. The number of nitro benzene ring substituents is 1. The Hall–Kier alpha value is -2.48. The number of halogens is 1. The van der Waals surface area contributed by atoms with Crippen LogP contribution in [0.15, 0.2) is 41.1 Å². The van der Waals surface area contributed by atoms with Crippen LogP contribution in [0, 0.1) is 10.1 Å². The molecule has 1 aromatic heterocycles. The summed E-state index contributed by atoms with van der Waals surface area (Å²) >= 11 is 3.12. The van der Waals surface area contributed by atoms with Crippen molar-refractivity contribution in [2.24, 2.45) is 0 Å². The van der Waals surface area contributed by atoms with Crippen molar-refractivity contribution in [2.45, 2.75) is 0 Å². The first-order valence-electron chi connectivity index (χ1n) is 5.38. The molecule has 0 unspecified atom stereocenters. The fourth-order valence-electron chi connectivity index (χ4n) is 1.48. The van der Waals surface area contributed by atoms with Gasteiger partial charge in [0.2, 0.25) is 0 Å². The first-order valence-corrected chi connectivity index (χ1v) is 6.17. The molecule has 0 fully saturated rings. The summed E-state index contributed by atoms with van der Waals surface area (Å²) in [5, 5.41) is 22.7. The van der Waals surface area contributed by atoms with Crippen LogP contribution in [-0.2, 0) is 0 Å². The van der Waals surface area contributed by atoms with Crippen LogP contribution >= 0.6 is 15.9 Å². The second-order valence-corrected chi connectivity index (χ2v) is 4.51. The zero-order valence-electron chi connectivity index (χ0n) is 9.91. The number of carbonyl (C=O) groups excluding carboxylic acids is 1. The summed E-state index contributed by atoms with van der Waals surface area (Å²) in [7, 11) is 0. The molecule has 0 spiro atoms. The Labute approximate surface area is 121 Å². The van der Waals surface area contributed by atoms with E-state index in [9.17, 15) is 20.0 Å². The zero-order valence-corrected chi connectivity index (χ0v) is 11.5. The fraction of sp³-hybridized carbons (Fsp3) is 0. The van der Waals surface area contributed by atoms with Gasteiger partial charge >= 0.3 is 0 Å². The van der Waals surface area contributed by atoms with E-state index in [1.54, 1.807) is 6.07 Å². The third-order valence-electron chi connectivity index (χ3n) is 2.44. The monoisotopic (exact) mass is 337 g/mol. The SMILES string of the molecule is O=C(Nc1cc([N+](=O)[O-])ccc1O)c1cccnc1Br. The van der Waals surface area contributed by atoms with E-state index in [1.807, 2.05) is 0 Å². The molecule has 1 heterocycles.